The van der Waals surface area contributed by atoms with Crippen LogP contribution in [-0.2, 0) is 13.2 Å². The minimum absolute atomic E-state index is 0.206. The van der Waals surface area contributed by atoms with Gasteiger partial charge in [0.1, 0.15) is 6.61 Å². The van der Waals surface area contributed by atoms with Crippen LogP contribution in [0, 0.1) is 13.8 Å². The fourth-order valence-electron chi connectivity index (χ4n) is 3.71. The number of amides is 1. The minimum atomic E-state index is -0.206. The number of nitrogens with one attached hydrogen (secondary N) is 1. The molecule has 3 aromatic carbocycles. The van der Waals surface area contributed by atoms with Gasteiger partial charge >= 0.3 is 0 Å². The lowest BCUT2D eigenvalue weighted by atomic mass is 10.1. The average molecular weight is 476 g/mol. The lowest BCUT2D eigenvalue weighted by Crippen LogP contribution is -2.14. The van der Waals surface area contributed by atoms with Gasteiger partial charge in [-0.3, -0.25) is 9.48 Å². The van der Waals surface area contributed by atoms with E-state index in [-0.39, 0.29) is 5.91 Å². The lowest BCUT2D eigenvalue weighted by Gasteiger charge is -2.11. The first-order chi connectivity index (χ1) is 16.5. The quantitative estimate of drug-likeness (QED) is 0.337. The maximum Gasteiger partial charge on any atom is 0.255 e. The van der Waals surface area contributed by atoms with Crippen molar-refractivity contribution in [1.82, 2.24) is 9.78 Å². The van der Waals surface area contributed by atoms with E-state index in [1.165, 1.54) is 0 Å². The van der Waals surface area contributed by atoms with Crippen LogP contribution >= 0.6 is 11.6 Å². The highest BCUT2D eigenvalue weighted by atomic mass is 35.5. The van der Waals surface area contributed by atoms with Crippen molar-refractivity contribution < 1.29 is 14.3 Å². The number of aryl methyl sites for hydroxylation is 1. The maximum atomic E-state index is 13.0. The number of hydrogen-bond acceptors (Lipinski definition) is 4. The molecule has 4 aromatic rings. The Hall–Kier alpha value is -3.77. The Labute approximate surface area is 204 Å². The Morgan fingerprint density at radius 1 is 1.00 bits per heavy atom. The molecule has 0 unspecified atom stereocenters. The summed E-state index contributed by atoms with van der Waals surface area (Å²) in [4.78, 5) is 13.0. The Balaban J connectivity index is 1.47. The second-order valence-electron chi connectivity index (χ2n) is 7.89. The average Bonchev–Trinajstić information content (AvgIpc) is 3.11. The fraction of sp³-hybridized carbons (Fsp3) is 0.185. The van der Waals surface area contributed by atoms with Crippen molar-refractivity contribution in [2.24, 2.45) is 0 Å². The third-order valence-electron chi connectivity index (χ3n) is 5.55. The van der Waals surface area contributed by atoms with Gasteiger partial charge in [0.2, 0.25) is 0 Å². The van der Waals surface area contributed by atoms with Crippen molar-refractivity contribution in [3.63, 3.8) is 0 Å². The number of halogens is 1. The topological polar surface area (TPSA) is 65.4 Å². The lowest BCUT2D eigenvalue weighted by molar-refractivity contribution is 0.102. The van der Waals surface area contributed by atoms with E-state index in [1.54, 1.807) is 13.2 Å². The van der Waals surface area contributed by atoms with Crippen LogP contribution in [0.5, 0.6) is 11.5 Å². The van der Waals surface area contributed by atoms with Crippen LogP contribution in [0.15, 0.2) is 72.8 Å². The molecule has 0 fully saturated rings. The molecule has 1 amide bonds. The minimum Gasteiger partial charge on any atom is -0.493 e. The van der Waals surface area contributed by atoms with Crippen molar-refractivity contribution >= 4 is 23.2 Å². The predicted molar refractivity (Wildman–Crippen MR) is 134 cm³/mol. The van der Waals surface area contributed by atoms with Crippen LogP contribution in [0.1, 0.15) is 32.9 Å². The summed E-state index contributed by atoms with van der Waals surface area (Å²) in [6, 6.07) is 22.5. The molecule has 0 aliphatic heterocycles. The zero-order valence-corrected chi connectivity index (χ0v) is 20.1. The number of carbonyl (C=O) groups is 1. The summed E-state index contributed by atoms with van der Waals surface area (Å²) in [5.74, 6) is 1.11. The number of carbonyl (C=O) groups excluding carboxylic acids is 1. The number of nitrogens with zero attached hydrogens (tertiary/aromatic N) is 2. The molecule has 0 aliphatic carbocycles. The summed E-state index contributed by atoms with van der Waals surface area (Å²) >= 11 is 6.31. The molecule has 174 valence electrons. The van der Waals surface area contributed by atoms with Crippen LogP contribution in [-0.4, -0.2) is 22.8 Å². The van der Waals surface area contributed by atoms with E-state index in [4.69, 9.17) is 21.1 Å². The molecule has 0 spiro atoms. The molecule has 4 rings (SSSR count). The molecule has 1 heterocycles. The molecule has 0 atom stereocenters. The molecule has 6 nitrogen and oxygen atoms in total. The number of ether oxygens (including phenoxy) is 2. The summed E-state index contributed by atoms with van der Waals surface area (Å²) in [6.07, 6.45) is 0. The first-order valence-corrected chi connectivity index (χ1v) is 11.3. The van der Waals surface area contributed by atoms with Crippen LogP contribution < -0.4 is 14.8 Å². The highest BCUT2D eigenvalue weighted by Crippen LogP contribution is 2.27. The Bertz CT molecular complexity index is 1320. The summed E-state index contributed by atoms with van der Waals surface area (Å²) in [6.45, 7) is 4.65. The van der Waals surface area contributed by atoms with Crippen LogP contribution in [0.25, 0.3) is 0 Å². The summed E-state index contributed by atoms with van der Waals surface area (Å²) in [5, 5.41) is 8.31. The van der Waals surface area contributed by atoms with E-state index in [0.717, 1.165) is 22.5 Å². The first kappa shape index (κ1) is 23.4. The van der Waals surface area contributed by atoms with Crippen molar-refractivity contribution in [2.45, 2.75) is 27.0 Å². The SMILES string of the molecule is COc1ccccc1OCc1cccc(C(=O)Nc2c(C)nn(Cc3ccccc3Cl)c2C)c1. The molecule has 0 bridgehead atoms. The van der Waals surface area contributed by atoms with Gasteiger partial charge in [-0.15, -0.1) is 0 Å². The summed E-state index contributed by atoms with van der Waals surface area (Å²) in [5.41, 5.74) is 4.69. The van der Waals surface area contributed by atoms with Gasteiger partial charge in [0.25, 0.3) is 5.91 Å². The second kappa shape index (κ2) is 10.4. The molecule has 0 aliphatic rings. The Morgan fingerprint density at radius 2 is 1.74 bits per heavy atom. The molecule has 34 heavy (non-hydrogen) atoms. The van der Waals surface area contributed by atoms with E-state index >= 15 is 0 Å². The largest absolute Gasteiger partial charge is 0.493 e. The van der Waals surface area contributed by atoms with E-state index in [2.05, 4.69) is 10.4 Å². The predicted octanol–water partition coefficient (Wildman–Crippen LogP) is 6.04. The van der Waals surface area contributed by atoms with Gasteiger partial charge in [0.15, 0.2) is 11.5 Å². The van der Waals surface area contributed by atoms with Crippen molar-refractivity contribution in [3.8, 4) is 11.5 Å². The van der Waals surface area contributed by atoms with Gasteiger partial charge in [0.05, 0.1) is 30.7 Å². The molecular formula is C27H26ClN3O3. The van der Waals surface area contributed by atoms with E-state index < -0.39 is 0 Å². The molecule has 0 saturated carbocycles. The van der Waals surface area contributed by atoms with Crippen LogP contribution in [0.2, 0.25) is 5.02 Å². The summed E-state index contributed by atoms with van der Waals surface area (Å²) in [7, 11) is 1.60. The van der Waals surface area contributed by atoms with Crippen LogP contribution in [0.4, 0.5) is 5.69 Å². The third kappa shape index (κ3) is 5.24. The number of hydrogen-bond donors (Lipinski definition) is 1. The van der Waals surface area contributed by atoms with Crippen molar-refractivity contribution in [1.29, 1.82) is 0 Å². The number of benzene rings is 3. The highest BCUT2D eigenvalue weighted by Gasteiger charge is 2.16. The molecular weight excluding hydrogens is 450 g/mol. The van der Waals surface area contributed by atoms with Gasteiger partial charge in [-0.2, -0.15) is 5.10 Å². The van der Waals surface area contributed by atoms with Crippen molar-refractivity contribution in [2.75, 3.05) is 12.4 Å². The van der Waals surface area contributed by atoms with E-state index in [0.29, 0.717) is 40.9 Å². The molecule has 1 aromatic heterocycles. The standard InChI is InChI=1S/C27H26ClN3O3/c1-18-26(19(2)31(30-18)16-22-10-4-5-12-23(22)28)29-27(32)21-11-8-9-20(15-21)17-34-25-14-7-6-13-24(25)33-3/h4-15H,16-17H2,1-3H3,(H,29,32). The second-order valence-corrected chi connectivity index (χ2v) is 8.30. The number of methoxy groups -OCH3 is 1. The van der Waals surface area contributed by atoms with Gasteiger partial charge in [-0.25, -0.2) is 0 Å². The highest BCUT2D eigenvalue weighted by molar-refractivity contribution is 6.31. The first-order valence-electron chi connectivity index (χ1n) is 10.9. The zero-order chi connectivity index (χ0) is 24.1. The Morgan fingerprint density at radius 3 is 2.50 bits per heavy atom. The van der Waals surface area contributed by atoms with E-state index in [9.17, 15) is 4.79 Å². The maximum absolute atomic E-state index is 13.0. The zero-order valence-electron chi connectivity index (χ0n) is 19.3. The molecule has 0 saturated heterocycles. The normalized spacial score (nSPS) is 10.7. The van der Waals surface area contributed by atoms with Gasteiger partial charge < -0.3 is 14.8 Å². The molecule has 1 N–H and O–H groups in total. The number of anilines is 1. The van der Waals surface area contributed by atoms with Crippen LogP contribution in [0.3, 0.4) is 0 Å². The smallest absolute Gasteiger partial charge is 0.255 e. The number of rotatable bonds is 8. The summed E-state index contributed by atoms with van der Waals surface area (Å²) < 4.78 is 13.1. The number of para-hydroxylation sites is 2. The van der Waals surface area contributed by atoms with Gasteiger partial charge in [-0.05, 0) is 55.3 Å². The van der Waals surface area contributed by atoms with E-state index in [1.807, 2.05) is 85.3 Å². The molecule has 7 heteroatoms. The number of aromatic nitrogens is 2. The third-order valence-corrected chi connectivity index (χ3v) is 5.92. The molecule has 0 radical (unpaired) electrons. The monoisotopic (exact) mass is 475 g/mol. The van der Waals surface area contributed by atoms with Gasteiger partial charge in [0, 0.05) is 10.6 Å². The van der Waals surface area contributed by atoms with Gasteiger partial charge in [-0.1, -0.05) is 54.1 Å². The Kier molecular flexibility index (Phi) is 7.18. The fourth-order valence-corrected chi connectivity index (χ4v) is 3.90. The van der Waals surface area contributed by atoms with Crippen molar-refractivity contribution in [3.05, 3.63) is 106 Å².